The van der Waals surface area contributed by atoms with Crippen LogP contribution in [0.25, 0.3) is 0 Å². The summed E-state index contributed by atoms with van der Waals surface area (Å²) in [6.45, 7) is 9.57. The molecule has 1 aromatic rings. The van der Waals surface area contributed by atoms with Gasteiger partial charge in [-0.15, -0.1) is 0 Å². The second-order valence-electron chi connectivity index (χ2n) is 5.02. The smallest absolute Gasteiger partial charge is 0.147 e. The van der Waals surface area contributed by atoms with Crippen molar-refractivity contribution in [1.29, 1.82) is 0 Å². The van der Waals surface area contributed by atoms with E-state index in [1.165, 1.54) is 0 Å². The minimum atomic E-state index is 0.633. The lowest BCUT2D eigenvalue weighted by atomic mass is 10.2. The average Bonchev–Trinajstić information content (AvgIpc) is 2.39. The summed E-state index contributed by atoms with van der Waals surface area (Å²) in [6.07, 6.45) is 3.69. The number of hydrogen-bond donors (Lipinski definition) is 1. The molecule has 2 rings (SSSR count). The summed E-state index contributed by atoms with van der Waals surface area (Å²) in [5.41, 5.74) is 1.00. The van der Waals surface area contributed by atoms with Crippen molar-refractivity contribution in [2.75, 3.05) is 38.1 Å². The van der Waals surface area contributed by atoms with Crippen molar-refractivity contribution >= 4 is 5.82 Å². The van der Waals surface area contributed by atoms with E-state index in [1.807, 2.05) is 19.4 Å². The molecule has 0 amide bonds. The lowest BCUT2D eigenvalue weighted by Gasteiger charge is -2.37. The maximum Gasteiger partial charge on any atom is 0.147 e. The van der Waals surface area contributed by atoms with Crippen molar-refractivity contribution in [3.63, 3.8) is 0 Å². The zero-order chi connectivity index (χ0) is 13.0. The molecule has 1 fully saturated rings. The highest BCUT2D eigenvalue weighted by atomic mass is 15.3. The molecule has 100 valence electrons. The van der Waals surface area contributed by atoms with Crippen LogP contribution in [0.15, 0.2) is 12.4 Å². The Kier molecular flexibility index (Phi) is 4.49. The van der Waals surface area contributed by atoms with Gasteiger partial charge in [-0.25, -0.2) is 4.98 Å². The van der Waals surface area contributed by atoms with Crippen LogP contribution >= 0.6 is 0 Å². The van der Waals surface area contributed by atoms with Gasteiger partial charge in [-0.3, -0.25) is 9.88 Å². The third kappa shape index (κ3) is 3.17. The van der Waals surface area contributed by atoms with Gasteiger partial charge in [0.25, 0.3) is 0 Å². The van der Waals surface area contributed by atoms with E-state index in [0.717, 1.165) is 44.2 Å². The summed E-state index contributed by atoms with van der Waals surface area (Å²) < 4.78 is 0. The molecule has 0 aliphatic carbocycles. The number of rotatable bonds is 4. The lowest BCUT2D eigenvalue weighted by Crippen LogP contribution is -2.49. The van der Waals surface area contributed by atoms with E-state index in [4.69, 9.17) is 0 Å². The number of aromatic nitrogens is 2. The highest BCUT2D eigenvalue weighted by molar-refractivity contribution is 5.37. The van der Waals surface area contributed by atoms with E-state index in [9.17, 15) is 0 Å². The molecule has 1 aliphatic rings. The van der Waals surface area contributed by atoms with Gasteiger partial charge in [0.05, 0.1) is 11.9 Å². The predicted molar refractivity (Wildman–Crippen MR) is 73.7 cm³/mol. The Hall–Kier alpha value is -1.20. The average molecular weight is 249 g/mol. The summed E-state index contributed by atoms with van der Waals surface area (Å²) in [6, 6.07) is 0.633. The molecule has 1 saturated heterocycles. The van der Waals surface area contributed by atoms with Gasteiger partial charge < -0.3 is 10.2 Å². The molecular weight excluding hydrogens is 226 g/mol. The SMILES string of the molecule is CNCc1cncc(N2CCN(C(C)C)CC2)n1. The first kappa shape index (κ1) is 13.2. The largest absolute Gasteiger partial charge is 0.353 e. The van der Waals surface area contributed by atoms with Crippen LogP contribution in [0.1, 0.15) is 19.5 Å². The molecule has 1 aromatic heterocycles. The van der Waals surface area contributed by atoms with Crippen molar-refractivity contribution in [2.24, 2.45) is 0 Å². The molecule has 1 aliphatic heterocycles. The molecule has 0 spiro atoms. The van der Waals surface area contributed by atoms with Crippen LogP contribution in [-0.4, -0.2) is 54.1 Å². The van der Waals surface area contributed by atoms with E-state index in [2.05, 4.69) is 38.9 Å². The zero-order valence-corrected chi connectivity index (χ0v) is 11.6. The lowest BCUT2D eigenvalue weighted by molar-refractivity contribution is 0.209. The number of nitrogens with one attached hydrogen (secondary N) is 1. The van der Waals surface area contributed by atoms with Gasteiger partial charge in [0, 0.05) is 45.0 Å². The Morgan fingerprint density at radius 1 is 1.22 bits per heavy atom. The van der Waals surface area contributed by atoms with Crippen molar-refractivity contribution in [1.82, 2.24) is 20.2 Å². The molecule has 2 heterocycles. The van der Waals surface area contributed by atoms with Crippen LogP contribution in [0, 0.1) is 0 Å². The zero-order valence-electron chi connectivity index (χ0n) is 11.6. The third-order valence-corrected chi connectivity index (χ3v) is 3.40. The van der Waals surface area contributed by atoms with Gasteiger partial charge in [-0.2, -0.15) is 0 Å². The first-order valence-corrected chi connectivity index (χ1v) is 6.65. The van der Waals surface area contributed by atoms with Crippen LogP contribution in [0.2, 0.25) is 0 Å². The Bertz CT molecular complexity index is 371. The molecule has 0 radical (unpaired) electrons. The molecule has 5 heteroatoms. The Morgan fingerprint density at radius 2 is 1.94 bits per heavy atom. The monoisotopic (exact) mass is 249 g/mol. The minimum absolute atomic E-state index is 0.633. The Morgan fingerprint density at radius 3 is 2.56 bits per heavy atom. The second kappa shape index (κ2) is 6.11. The maximum atomic E-state index is 4.64. The highest BCUT2D eigenvalue weighted by Gasteiger charge is 2.19. The fourth-order valence-electron chi connectivity index (χ4n) is 2.28. The Labute approximate surface area is 109 Å². The molecule has 1 N–H and O–H groups in total. The fourth-order valence-corrected chi connectivity index (χ4v) is 2.28. The number of anilines is 1. The standard InChI is InChI=1S/C13H23N5/c1-11(2)17-4-6-18(7-5-17)13-10-15-9-12(16-13)8-14-3/h9-11,14H,4-8H2,1-3H3. The van der Waals surface area contributed by atoms with Gasteiger partial charge >= 0.3 is 0 Å². The summed E-state index contributed by atoms with van der Waals surface area (Å²) in [7, 11) is 1.93. The Balaban J connectivity index is 1.98. The van der Waals surface area contributed by atoms with E-state index in [-0.39, 0.29) is 0 Å². The first-order chi connectivity index (χ1) is 8.70. The first-order valence-electron chi connectivity index (χ1n) is 6.65. The maximum absolute atomic E-state index is 4.64. The molecule has 0 atom stereocenters. The summed E-state index contributed by atoms with van der Waals surface area (Å²) in [5, 5.41) is 3.11. The normalized spacial score (nSPS) is 17.4. The van der Waals surface area contributed by atoms with Gasteiger partial charge in [0.1, 0.15) is 5.82 Å². The third-order valence-electron chi connectivity index (χ3n) is 3.40. The van der Waals surface area contributed by atoms with Gasteiger partial charge in [-0.1, -0.05) is 0 Å². The van der Waals surface area contributed by atoms with Crippen molar-refractivity contribution in [3.05, 3.63) is 18.1 Å². The van der Waals surface area contributed by atoms with E-state index in [1.54, 1.807) is 0 Å². The number of piperazine rings is 1. The molecule has 0 aromatic carbocycles. The van der Waals surface area contributed by atoms with Crippen molar-refractivity contribution < 1.29 is 0 Å². The van der Waals surface area contributed by atoms with Gasteiger partial charge in [0.2, 0.25) is 0 Å². The molecule has 0 saturated carbocycles. The molecule has 5 nitrogen and oxygen atoms in total. The van der Waals surface area contributed by atoms with Crippen LogP contribution in [0.5, 0.6) is 0 Å². The van der Waals surface area contributed by atoms with E-state index >= 15 is 0 Å². The molecular formula is C13H23N5. The van der Waals surface area contributed by atoms with Crippen LogP contribution in [-0.2, 0) is 6.54 Å². The summed E-state index contributed by atoms with van der Waals surface area (Å²) >= 11 is 0. The second-order valence-corrected chi connectivity index (χ2v) is 5.02. The summed E-state index contributed by atoms with van der Waals surface area (Å²) in [4.78, 5) is 13.7. The molecule has 0 unspecified atom stereocenters. The van der Waals surface area contributed by atoms with Crippen LogP contribution in [0.4, 0.5) is 5.82 Å². The molecule has 18 heavy (non-hydrogen) atoms. The molecule has 0 bridgehead atoms. The highest BCUT2D eigenvalue weighted by Crippen LogP contribution is 2.14. The topological polar surface area (TPSA) is 44.3 Å². The van der Waals surface area contributed by atoms with Crippen LogP contribution < -0.4 is 10.2 Å². The van der Waals surface area contributed by atoms with Crippen molar-refractivity contribution in [3.8, 4) is 0 Å². The van der Waals surface area contributed by atoms with Gasteiger partial charge in [0.15, 0.2) is 0 Å². The van der Waals surface area contributed by atoms with Crippen LogP contribution in [0.3, 0.4) is 0 Å². The number of hydrogen-bond acceptors (Lipinski definition) is 5. The van der Waals surface area contributed by atoms with Gasteiger partial charge in [-0.05, 0) is 20.9 Å². The van der Waals surface area contributed by atoms with E-state index < -0.39 is 0 Å². The minimum Gasteiger partial charge on any atom is -0.353 e. The van der Waals surface area contributed by atoms with Crippen molar-refractivity contribution in [2.45, 2.75) is 26.4 Å². The summed E-state index contributed by atoms with van der Waals surface area (Å²) in [5.74, 6) is 1.01. The number of nitrogens with zero attached hydrogens (tertiary/aromatic N) is 4. The fraction of sp³-hybridized carbons (Fsp3) is 0.692. The quantitative estimate of drug-likeness (QED) is 0.852. The predicted octanol–water partition coefficient (Wildman–Crippen LogP) is 0.726. The van der Waals surface area contributed by atoms with E-state index in [0.29, 0.717) is 6.04 Å².